The smallest absolute Gasteiger partial charge is 0.207 e. The number of carbonyl (C=O) groups excluding carboxylic acids is 1. The largest absolute Gasteiger partial charge is 0.288 e. The lowest BCUT2D eigenvalue weighted by atomic mass is 10.1. The Kier molecular flexibility index (Phi) is 4.76. The van der Waals surface area contributed by atoms with Gasteiger partial charge in [-0.2, -0.15) is 0 Å². The summed E-state index contributed by atoms with van der Waals surface area (Å²) in [4.78, 5) is 22.1. The maximum atomic E-state index is 12.6. The molecule has 0 saturated carbocycles. The van der Waals surface area contributed by atoms with Gasteiger partial charge in [0.1, 0.15) is 11.5 Å². The predicted molar refractivity (Wildman–Crippen MR) is 93.8 cm³/mol. The van der Waals surface area contributed by atoms with Crippen LogP contribution in [0.1, 0.15) is 31.2 Å². The zero-order valence-electron chi connectivity index (χ0n) is 12.2. The zero-order valence-corrected chi connectivity index (χ0v) is 14.5. The van der Waals surface area contributed by atoms with E-state index in [9.17, 15) is 4.79 Å². The van der Waals surface area contributed by atoms with Gasteiger partial charge in [-0.05, 0) is 36.2 Å². The summed E-state index contributed by atoms with van der Waals surface area (Å²) in [5, 5.41) is 0.884. The predicted octanol–water partition coefficient (Wildman–Crippen LogP) is 4.98. The highest BCUT2D eigenvalue weighted by atomic mass is 35.5. The van der Waals surface area contributed by atoms with Crippen molar-refractivity contribution in [2.75, 3.05) is 0 Å². The van der Waals surface area contributed by atoms with E-state index in [1.165, 1.54) is 23.9 Å². The minimum absolute atomic E-state index is 0.143. The number of benzene rings is 1. The van der Waals surface area contributed by atoms with Gasteiger partial charge in [0.15, 0.2) is 0 Å². The highest BCUT2D eigenvalue weighted by molar-refractivity contribution is 7.14. The average molecular weight is 363 g/mol. The minimum atomic E-state index is -0.143. The summed E-state index contributed by atoms with van der Waals surface area (Å²) in [7, 11) is 0. The summed E-state index contributed by atoms with van der Waals surface area (Å²) in [6, 6.07) is 9.74. The molecular formula is C17H12Cl2N2OS. The van der Waals surface area contributed by atoms with Crippen molar-refractivity contribution in [2.24, 2.45) is 0 Å². The second kappa shape index (κ2) is 6.79. The Morgan fingerprint density at radius 1 is 1.26 bits per heavy atom. The molecule has 3 nitrogen and oxygen atoms in total. The minimum Gasteiger partial charge on any atom is -0.288 e. The molecule has 3 rings (SSSR count). The number of thiophene rings is 1. The lowest BCUT2D eigenvalue weighted by Crippen LogP contribution is -2.03. The lowest BCUT2D eigenvalue weighted by Gasteiger charge is -2.01. The van der Waals surface area contributed by atoms with Gasteiger partial charge < -0.3 is 0 Å². The fourth-order valence-electron chi connectivity index (χ4n) is 2.30. The molecule has 2 heterocycles. The maximum Gasteiger partial charge on any atom is 0.207 e. The molecule has 0 N–H and O–H groups in total. The van der Waals surface area contributed by atoms with Crippen molar-refractivity contribution in [3.63, 3.8) is 0 Å². The van der Waals surface area contributed by atoms with E-state index >= 15 is 0 Å². The van der Waals surface area contributed by atoms with Crippen LogP contribution in [0.4, 0.5) is 0 Å². The highest BCUT2D eigenvalue weighted by Gasteiger charge is 2.19. The third kappa shape index (κ3) is 3.61. The number of aromatic nitrogens is 2. The molecule has 1 aromatic carbocycles. The molecule has 0 aliphatic carbocycles. The molecule has 0 aliphatic rings. The van der Waals surface area contributed by atoms with Gasteiger partial charge in [0.05, 0.1) is 10.4 Å². The number of hydrogen-bond donors (Lipinski definition) is 0. The van der Waals surface area contributed by atoms with Crippen LogP contribution in [0.25, 0.3) is 0 Å². The second-order valence-corrected chi connectivity index (χ2v) is 7.02. The van der Waals surface area contributed by atoms with E-state index in [1.54, 1.807) is 0 Å². The van der Waals surface area contributed by atoms with Crippen molar-refractivity contribution in [1.29, 1.82) is 0 Å². The van der Waals surface area contributed by atoms with Crippen LogP contribution in [0.15, 0.2) is 42.9 Å². The van der Waals surface area contributed by atoms with Crippen LogP contribution in [0.2, 0.25) is 10.2 Å². The maximum absolute atomic E-state index is 12.6. The van der Waals surface area contributed by atoms with E-state index in [4.69, 9.17) is 23.2 Å². The monoisotopic (exact) mass is 362 g/mol. The highest BCUT2D eigenvalue weighted by Crippen LogP contribution is 2.28. The number of halogens is 2. The van der Waals surface area contributed by atoms with Gasteiger partial charge in [0, 0.05) is 22.5 Å². The first kappa shape index (κ1) is 16.1. The summed E-state index contributed by atoms with van der Waals surface area (Å²) in [6.45, 7) is 1.92. The molecular weight excluding hydrogens is 351 g/mol. The van der Waals surface area contributed by atoms with E-state index in [0.29, 0.717) is 15.5 Å². The van der Waals surface area contributed by atoms with E-state index in [-0.39, 0.29) is 10.9 Å². The Bertz CT molecular complexity index is 877. The second-order valence-electron chi connectivity index (χ2n) is 5.09. The Morgan fingerprint density at radius 2 is 2.09 bits per heavy atom. The molecule has 116 valence electrons. The van der Waals surface area contributed by atoms with Gasteiger partial charge in [-0.1, -0.05) is 35.3 Å². The topological polar surface area (TPSA) is 42.9 Å². The van der Waals surface area contributed by atoms with Gasteiger partial charge in [0.2, 0.25) is 5.78 Å². The van der Waals surface area contributed by atoms with Gasteiger partial charge in [0.25, 0.3) is 0 Å². The molecule has 0 amide bonds. The van der Waals surface area contributed by atoms with Crippen LogP contribution in [-0.2, 0) is 6.42 Å². The fraction of sp³-hybridized carbons (Fsp3) is 0.118. The van der Waals surface area contributed by atoms with Crippen molar-refractivity contribution in [3.8, 4) is 0 Å². The Labute approximate surface area is 147 Å². The Morgan fingerprint density at radius 3 is 2.83 bits per heavy atom. The standard InChI is InChI=1S/C17H12Cl2N2OS/c1-10-5-13(7-11-3-2-4-12(18)6-11)23-16(10)15(22)14-8-20-9-21-17(14)19/h2-6,8-9H,7H2,1H3. The summed E-state index contributed by atoms with van der Waals surface area (Å²) in [5.74, 6) is -0.143. The lowest BCUT2D eigenvalue weighted by molar-refractivity contribution is 0.104. The third-order valence-corrected chi connectivity index (χ3v) is 5.12. The van der Waals surface area contributed by atoms with Crippen LogP contribution in [0.3, 0.4) is 0 Å². The number of rotatable bonds is 4. The van der Waals surface area contributed by atoms with Crippen molar-refractivity contribution in [2.45, 2.75) is 13.3 Å². The summed E-state index contributed by atoms with van der Waals surface area (Å²) in [5.41, 5.74) is 2.36. The first-order valence-electron chi connectivity index (χ1n) is 6.88. The van der Waals surface area contributed by atoms with Crippen molar-refractivity contribution < 1.29 is 4.79 Å². The molecule has 0 radical (unpaired) electrons. The van der Waals surface area contributed by atoms with E-state index < -0.39 is 0 Å². The van der Waals surface area contributed by atoms with Crippen molar-refractivity contribution in [1.82, 2.24) is 9.97 Å². The zero-order chi connectivity index (χ0) is 16.4. The normalized spacial score (nSPS) is 10.7. The van der Waals surface area contributed by atoms with Crippen LogP contribution in [-0.4, -0.2) is 15.8 Å². The van der Waals surface area contributed by atoms with Crippen LogP contribution >= 0.6 is 34.5 Å². The fourth-order valence-corrected chi connectivity index (χ4v) is 3.85. The summed E-state index contributed by atoms with van der Waals surface area (Å²) >= 11 is 13.5. The molecule has 0 spiro atoms. The molecule has 2 aromatic heterocycles. The first-order chi connectivity index (χ1) is 11.0. The van der Waals surface area contributed by atoms with Gasteiger partial charge in [-0.25, -0.2) is 9.97 Å². The van der Waals surface area contributed by atoms with Crippen molar-refractivity contribution in [3.05, 3.63) is 79.5 Å². The third-order valence-electron chi connectivity index (χ3n) is 3.35. The number of hydrogen-bond acceptors (Lipinski definition) is 4. The van der Waals surface area contributed by atoms with E-state index in [1.807, 2.05) is 37.3 Å². The number of nitrogens with zero attached hydrogens (tertiary/aromatic N) is 2. The Hall–Kier alpha value is -1.75. The molecule has 0 saturated heterocycles. The van der Waals surface area contributed by atoms with E-state index in [2.05, 4.69) is 9.97 Å². The van der Waals surface area contributed by atoms with Gasteiger partial charge in [-0.3, -0.25) is 4.79 Å². The van der Waals surface area contributed by atoms with Crippen LogP contribution in [0, 0.1) is 6.92 Å². The van der Waals surface area contributed by atoms with Crippen LogP contribution in [0.5, 0.6) is 0 Å². The van der Waals surface area contributed by atoms with Crippen LogP contribution < -0.4 is 0 Å². The molecule has 0 atom stereocenters. The average Bonchev–Trinajstić information content (AvgIpc) is 2.87. The first-order valence-corrected chi connectivity index (χ1v) is 8.46. The van der Waals surface area contributed by atoms with E-state index in [0.717, 1.165) is 22.4 Å². The number of carbonyl (C=O) groups is 1. The van der Waals surface area contributed by atoms with Gasteiger partial charge in [-0.15, -0.1) is 11.3 Å². The molecule has 3 aromatic rings. The molecule has 23 heavy (non-hydrogen) atoms. The summed E-state index contributed by atoms with van der Waals surface area (Å²) in [6.07, 6.45) is 3.51. The SMILES string of the molecule is Cc1cc(Cc2cccc(Cl)c2)sc1C(=O)c1cncnc1Cl. The molecule has 0 unspecified atom stereocenters. The number of aryl methyl sites for hydroxylation is 1. The van der Waals surface area contributed by atoms with Gasteiger partial charge >= 0.3 is 0 Å². The quantitative estimate of drug-likeness (QED) is 0.485. The Balaban J connectivity index is 1.89. The molecule has 6 heteroatoms. The molecule has 0 fully saturated rings. The molecule has 0 bridgehead atoms. The molecule has 0 aliphatic heterocycles. The number of ketones is 1. The van der Waals surface area contributed by atoms with Crippen molar-refractivity contribution >= 4 is 40.3 Å². The summed E-state index contributed by atoms with van der Waals surface area (Å²) < 4.78 is 0.